The summed E-state index contributed by atoms with van der Waals surface area (Å²) in [5, 5.41) is 0.405. The van der Waals surface area contributed by atoms with E-state index in [-0.39, 0.29) is 63.9 Å². The number of ether oxygens (including phenoxy) is 2. The minimum absolute atomic E-state index is 0.0147. The Kier molecular flexibility index (Phi) is 6.20. The van der Waals surface area contributed by atoms with E-state index in [1.165, 1.54) is 12.1 Å². The number of terminal acetylenes is 1. The molecule has 13 heteroatoms. The van der Waals surface area contributed by atoms with Crippen molar-refractivity contribution < 1.29 is 22.6 Å². The van der Waals surface area contributed by atoms with E-state index in [0.29, 0.717) is 37.3 Å². The number of hydrogen-bond acceptors (Lipinski definition) is 10. The average Bonchev–Trinajstić information content (AvgIpc) is 3.49. The number of nitrogens with zero attached hydrogens (tertiary/aromatic N) is 7. The van der Waals surface area contributed by atoms with Gasteiger partial charge < -0.3 is 20.1 Å². The molecule has 0 saturated carbocycles. The fourth-order valence-corrected chi connectivity index (χ4v) is 7.44. The molecule has 0 bridgehead atoms. The summed E-state index contributed by atoms with van der Waals surface area (Å²) >= 11 is 0. The maximum atomic E-state index is 16.8. The predicted molar refractivity (Wildman–Crippen MR) is 157 cm³/mol. The van der Waals surface area contributed by atoms with E-state index in [1.54, 1.807) is 0 Å². The van der Waals surface area contributed by atoms with Gasteiger partial charge in [-0.25, -0.2) is 28.1 Å². The fraction of sp³-hybridized carbons (Fsp3) is 0.452. The maximum absolute atomic E-state index is 16.8. The molecule has 0 spiro atoms. The number of anilines is 2. The number of benzene rings is 1. The Morgan fingerprint density at radius 1 is 1.07 bits per heavy atom. The third-order valence-electron chi connectivity index (χ3n) is 9.45. The SMILES string of the molecule is C#Cc1c(F)ccc2nc(N)nc(-c3nc4c5c(nc(OC[C@@]67CCCN6CC(F)C7)nc5c3F)N3CCCC[C@H]3CO4)c12. The molecule has 4 aromatic rings. The first-order chi connectivity index (χ1) is 21.3. The van der Waals surface area contributed by atoms with Crippen LogP contribution in [0.1, 0.15) is 44.1 Å². The van der Waals surface area contributed by atoms with E-state index in [1.807, 2.05) is 0 Å². The maximum Gasteiger partial charge on any atom is 0.319 e. The summed E-state index contributed by atoms with van der Waals surface area (Å²) in [4.78, 5) is 26.6. The molecule has 1 aromatic carbocycles. The minimum Gasteiger partial charge on any atom is -0.475 e. The van der Waals surface area contributed by atoms with Gasteiger partial charge in [-0.05, 0) is 50.8 Å². The highest BCUT2D eigenvalue weighted by atomic mass is 19.1. The number of nitrogen functional groups attached to an aromatic ring is 1. The molecule has 8 rings (SSSR count). The summed E-state index contributed by atoms with van der Waals surface area (Å²) < 4.78 is 58.5. The van der Waals surface area contributed by atoms with Crippen LogP contribution in [0.25, 0.3) is 33.2 Å². The van der Waals surface area contributed by atoms with Crippen LogP contribution in [-0.2, 0) is 0 Å². The summed E-state index contributed by atoms with van der Waals surface area (Å²) in [6.45, 7) is 2.36. The Bertz CT molecular complexity index is 1880. The molecule has 0 amide bonds. The summed E-state index contributed by atoms with van der Waals surface area (Å²) in [6, 6.07) is 2.54. The third-order valence-corrected chi connectivity index (χ3v) is 9.45. The molecule has 0 aliphatic carbocycles. The Morgan fingerprint density at radius 2 is 1.95 bits per heavy atom. The molecule has 3 atom stereocenters. The van der Waals surface area contributed by atoms with E-state index < -0.39 is 23.3 Å². The van der Waals surface area contributed by atoms with Gasteiger partial charge in [0.15, 0.2) is 5.82 Å². The quantitative estimate of drug-likeness (QED) is 0.341. The van der Waals surface area contributed by atoms with Gasteiger partial charge in [0.05, 0.1) is 22.7 Å². The number of nitrogens with two attached hydrogens (primary N) is 1. The lowest BCUT2D eigenvalue weighted by molar-refractivity contribution is 0.107. The molecule has 2 N–H and O–H groups in total. The highest BCUT2D eigenvalue weighted by molar-refractivity contribution is 6.01. The molecular formula is C31H29F3N8O2. The number of piperidine rings is 1. The van der Waals surface area contributed by atoms with Gasteiger partial charge in [0, 0.05) is 24.9 Å². The van der Waals surface area contributed by atoms with Crippen LogP contribution in [0.3, 0.4) is 0 Å². The Balaban J connectivity index is 1.33. The van der Waals surface area contributed by atoms with Gasteiger partial charge in [-0.2, -0.15) is 9.97 Å². The molecule has 226 valence electrons. The van der Waals surface area contributed by atoms with Crippen molar-refractivity contribution in [2.45, 2.75) is 56.3 Å². The lowest BCUT2D eigenvalue weighted by Gasteiger charge is -2.35. The molecule has 4 aliphatic rings. The Hall–Kier alpha value is -4.44. The van der Waals surface area contributed by atoms with Crippen molar-refractivity contribution in [2.75, 3.05) is 43.5 Å². The van der Waals surface area contributed by atoms with Gasteiger partial charge in [-0.3, -0.25) is 4.90 Å². The second-order valence-corrected chi connectivity index (χ2v) is 12.0. The van der Waals surface area contributed by atoms with Gasteiger partial charge in [0.2, 0.25) is 11.8 Å². The molecule has 3 fully saturated rings. The predicted octanol–water partition coefficient (Wildman–Crippen LogP) is 4.18. The molecule has 4 aliphatic heterocycles. The van der Waals surface area contributed by atoms with Crippen molar-refractivity contribution >= 4 is 33.6 Å². The number of alkyl halides is 1. The fourth-order valence-electron chi connectivity index (χ4n) is 7.44. The second-order valence-electron chi connectivity index (χ2n) is 12.0. The molecule has 3 saturated heterocycles. The Morgan fingerprint density at radius 3 is 2.82 bits per heavy atom. The van der Waals surface area contributed by atoms with Crippen molar-refractivity contribution in [2.24, 2.45) is 0 Å². The van der Waals surface area contributed by atoms with Crippen molar-refractivity contribution in [1.29, 1.82) is 0 Å². The van der Waals surface area contributed by atoms with Gasteiger partial charge in [0.25, 0.3) is 0 Å². The minimum atomic E-state index is -0.922. The molecule has 1 unspecified atom stereocenters. The zero-order chi connectivity index (χ0) is 30.2. The van der Waals surface area contributed by atoms with Crippen LogP contribution in [0.4, 0.5) is 24.9 Å². The van der Waals surface area contributed by atoms with Crippen molar-refractivity contribution in [3.63, 3.8) is 0 Å². The van der Waals surface area contributed by atoms with Crippen LogP contribution < -0.4 is 20.1 Å². The number of pyridine rings is 1. The lowest BCUT2D eigenvalue weighted by Crippen LogP contribution is -2.44. The van der Waals surface area contributed by atoms with Crippen LogP contribution >= 0.6 is 0 Å². The highest BCUT2D eigenvalue weighted by Gasteiger charge is 2.49. The van der Waals surface area contributed by atoms with Gasteiger partial charge >= 0.3 is 6.01 Å². The van der Waals surface area contributed by atoms with E-state index in [0.717, 1.165) is 38.6 Å². The number of rotatable bonds is 4. The lowest BCUT2D eigenvalue weighted by atomic mass is 9.95. The van der Waals surface area contributed by atoms with Crippen LogP contribution in [0.5, 0.6) is 11.9 Å². The van der Waals surface area contributed by atoms with Crippen LogP contribution in [0, 0.1) is 24.0 Å². The van der Waals surface area contributed by atoms with Crippen molar-refractivity contribution in [3.8, 4) is 35.6 Å². The molecule has 10 nitrogen and oxygen atoms in total. The van der Waals surface area contributed by atoms with Crippen LogP contribution in [0.15, 0.2) is 12.1 Å². The molecule has 44 heavy (non-hydrogen) atoms. The average molecular weight is 603 g/mol. The van der Waals surface area contributed by atoms with E-state index in [9.17, 15) is 8.78 Å². The topological polar surface area (TPSA) is 115 Å². The van der Waals surface area contributed by atoms with Crippen LogP contribution in [-0.4, -0.2) is 80.4 Å². The highest BCUT2D eigenvalue weighted by Crippen LogP contribution is 2.44. The molecular weight excluding hydrogens is 573 g/mol. The number of hydrogen-bond donors (Lipinski definition) is 1. The van der Waals surface area contributed by atoms with Gasteiger partial charge in [0.1, 0.15) is 53.3 Å². The number of aromatic nitrogens is 5. The van der Waals surface area contributed by atoms with E-state index in [4.69, 9.17) is 26.6 Å². The van der Waals surface area contributed by atoms with E-state index in [2.05, 4.69) is 35.7 Å². The standard InChI is InChI=1S/C31H29F3N8O2/c1-2-18-19(33)7-8-20-21(18)25(38-29(35)36-20)26-23(34)24-22-27(42-11-4-3-6-17(42)14-43-28(22)37-26)40-30(39-24)44-15-31-9-5-10-41(31)13-16(32)12-31/h1,7-8,16-17H,3-6,9-15H2,(H2,35,36,38)/t16?,17-,31-/m0/s1. The molecule has 0 radical (unpaired) electrons. The zero-order valence-corrected chi connectivity index (χ0v) is 23.8. The first-order valence-electron chi connectivity index (χ1n) is 14.9. The number of fused-ring (bicyclic) bond motifs is 4. The summed E-state index contributed by atoms with van der Waals surface area (Å²) in [5.74, 6) is 1.23. The summed E-state index contributed by atoms with van der Waals surface area (Å²) in [7, 11) is 0. The first-order valence-corrected chi connectivity index (χ1v) is 14.9. The normalized spacial score (nSPS) is 24.5. The Labute approximate surface area is 250 Å². The van der Waals surface area contributed by atoms with Gasteiger partial charge in [-0.1, -0.05) is 5.92 Å². The van der Waals surface area contributed by atoms with E-state index >= 15 is 4.39 Å². The van der Waals surface area contributed by atoms with Crippen molar-refractivity contribution in [1.82, 2.24) is 29.8 Å². The smallest absolute Gasteiger partial charge is 0.319 e. The largest absolute Gasteiger partial charge is 0.475 e. The summed E-state index contributed by atoms with van der Waals surface area (Å²) in [6.07, 6.45) is 9.69. The van der Waals surface area contributed by atoms with Crippen molar-refractivity contribution in [3.05, 3.63) is 29.3 Å². The number of halogens is 3. The van der Waals surface area contributed by atoms with Gasteiger partial charge in [-0.15, -0.1) is 6.42 Å². The molecule has 7 heterocycles. The zero-order valence-electron chi connectivity index (χ0n) is 23.8. The monoisotopic (exact) mass is 602 g/mol. The first kappa shape index (κ1) is 27.1. The second kappa shape index (κ2) is 10.1. The van der Waals surface area contributed by atoms with Crippen LogP contribution in [0.2, 0.25) is 0 Å². The third kappa shape index (κ3) is 4.11. The molecule has 3 aromatic heterocycles. The summed E-state index contributed by atoms with van der Waals surface area (Å²) in [5.41, 5.74) is 5.23.